The van der Waals surface area contributed by atoms with E-state index in [1.54, 1.807) is 0 Å². The van der Waals surface area contributed by atoms with Crippen molar-refractivity contribution in [1.82, 2.24) is 4.98 Å². The zero-order chi connectivity index (χ0) is 16.3. The largest absolute Gasteiger partial charge is 0.573 e. The standard InChI is InChI=1S/C14H10F3NO4/c1-21-12-11(6-9(7-18-12)13(19)20)8-3-2-4-10(5-8)22-14(15,16)17/h2-7H,1H3,(H,19,20). The molecule has 5 nitrogen and oxygen atoms in total. The van der Waals surface area contributed by atoms with E-state index in [4.69, 9.17) is 9.84 Å². The number of aromatic nitrogens is 1. The summed E-state index contributed by atoms with van der Waals surface area (Å²) in [6, 6.07) is 6.37. The van der Waals surface area contributed by atoms with E-state index >= 15 is 0 Å². The number of hydrogen-bond acceptors (Lipinski definition) is 4. The molecule has 0 saturated carbocycles. The molecule has 8 heteroatoms. The summed E-state index contributed by atoms with van der Waals surface area (Å²) in [7, 11) is 1.32. The molecule has 2 aromatic rings. The topological polar surface area (TPSA) is 68.7 Å². The number of halogens is 3. The van der Waals surface area contributed by atoms with Crippen LogP contribution >= 0.6 is 0 Å². The number of benzene rings is 1. The van der Waals surface area contributed by atoms with Crippen LogP contribution in [0.2, 0.25) is 0 Å². The summed E-state index contributed by atoms with van der Waals surface area (Å²) in [5, 5.41) is 8.97. The second-order valence-electron chi connectivity index (χ2n) is 4.16. The van der Waals surface area contributed by atoms with Crippen LogP contribution in [0.5, 0.6) is 11.6 Å². The summed E-state index contributed by atoms with van der Waals surface area (Å²) < 4.78 is 45.6. The minimum absolute atomic E-state index is 0.0918. The van der Waals surface area contributed by atoms with Crippen molar-refractivity contribution in [1.29, 1.82) is 0 Å². The van der Waals surface area contributed by atoms with E-state index in [2.05, 4.69) is 9.72 Å². The van der Waals surface area contributed by atoms with Crippen LogP contribution in [-0.4, -0.2) is 29.5 Å². The van der Waals surface area contributed by atoms with Gasteiger partial charge in [0.2, 0.25) is 5.88 Å². The molecular weight excluding hydrogens is 303 g/mol. The van der Waals surface area contributed by atoms with E-state index < -0.39 is 18.1 Å². The normalized spacial score (nSPS) is 11.1. The number of carbonyl (C=O) groups is 1. The van der Waals surface area contributed by atoms with Gasteiger partial charge in [-0.3, -0.25) is 0 Å². The van der Waals surface area contributed by atoms with E-state index in [0.29, 0.717) is 0 Å². The summed E-state index contributed by atoms with van der Waals surface area (Å²) in [6.45, 7) is 0. The molecule has 0 aliphatic rings. The zero-order valence-electron chi connectivity index (χ0n) is 11.2. The molecule has 0 bridgehead atoms. The van der Waals surface area contributed by atoms with Crippen LogP contribution < -0.4 is 9.47 Å². The van der Waals surface area contributed by atoms with E-state index in [9.17, 15) is 18.0 Å². The molecule has 22 heavy (non-hydrogen) atoms. The Morgan fingerprint density at radius 3 is 2.59 bits per heavy atom. The molecule has 0 unspecified atom stereocenters. The molecule has 0 saturated heterocycles. The third kappa shape index (κ3) is 3.66. The zero-order valence-corrected chi connectivity index (χ0v) is 11.2. The lowest BCUT2D eigenvalue weighted by Gasteiger charge is -2.12. The van der Waals surface area contributed by atoms with Gasteiger partial charge in [0.1, 0.15) is 5.75 Å². The first-order valence-electron chi connectivity index (χ1n) is 5.93. The minimum Gasteiger partial charge on any atom is -0.481 e. The van der Waals surface area contributed by atoms with Gasteiger partial charge >= 0.3 is 12.3 Å². The first-order chi connectivity index (χ1) is 10.3. The number of carboxylic acids is 1. The highest BCUT2D eigenvalue weighted by atomic mass is 19.4. The van der Waals surface area contributed by atoms with Crippen LogP contribution in [0.25, 0.3) is 11.1 Å². The highest BCUT2D eigenvalue weighted by molar-refractivity contribution is 5.89. The van der Waals surface area contributed by atoms with Crippen LogP contribution in [0, 0.1) is 0 Å². The lowest BCUT2D eigenvalue weighted by molar-refractivity contribution is -0.274. The van der Waals surface area contributed by atoms with Crippen LogP contribution in [0.4, 0.5) is 13.2 Å². The van der Waals surface area contributed by atoms with Crippen LogP contribution in [-0.2, 0) is 0 Å². The number of nitrogens with zero attached hydrogens (tertiary/aromatic N) is 1. The molecule has 116 valence electrons. The highest BCUT2D eigenvalue weighted by Gasteiger charge is 2.31. The maximum atomic E-state index is 12.3. The van der Waals surface area contributed by atoms with Crippen molar-refractivity contribution in [2.24, 2.45) is 0 Å². The van der Waals surface area contributed by atoms with Gasteiger partial charge in [0, 0.05) is 11.8 Å². The second kappa shape index (κ2) is 5.92. The van der Waals surface area contributed by atoms with Crippen molar-refractivity contribution in [3.63, 3.8) is 0 Å². The fourth-order valence-electron chi connectivity index (χ4n) is 1.80. The average molecular weight is 313 g/mol. The number of aromatic carboxylic acids is 1. The Morgan fingerprint density at radius 1 is 1.27 bits per heavy atom. The van der Waals surface area contributed by atoms with Crippen molar-refractivity contribution in [3.05, 3.63) is 42.1 Å². The molecule has 2 rings (SSSR count). The van der Waals surface area contributed by atoms with Gasteiger partial charge in [0.05, 0.1) is 12.7 Å². The molecule has 1 heterocycles. The van der Waals surface area contributed by atoms with Gasteiger partial charge in [0.25, 0.3) is 0 Å². The summed E-state index contributed by atoms with van der Waals surface area (Å²) in [4.78, 5) is 14.8. The molecule has 1 N–H and O–H groups in total. The van der Waals surface area contributed by atoms with Gasteiger partial charge in [-0.2, -0.15) is 0 Å². The molecule has 0 spiro atoms. The summed E-state index contributed by atoms with van der Waals surface area (Å²) in [6.07, 6.45) is -3.72. The number of pyridine rings is 1. The van der Waals surface area contributed by atoms with Crippen LogP contribution in [0.3, 0.4) is 0 Å². The van der Waals surface area contributed by atoms with Crippen molar-refractivity contribution in [2.45, 2.75) is 6.36 Å². The number of methoxy groups -OCH3 is 1. The molecule has 0 fully saturated rings. The molecule has 0 aliphatic heterocycles. The van der Waals surface area contributed by atoms with Crippen molar-refractivity contribution >= 4 is 5.97 Å². The van der Waals surface area contributed by atoms with Gasteiger partial charge < -0.3 is 14.6 Å². The van der Waals surface area contributed by atoms with Gasteiger partial charge in [-0.25, -0.2) is 9.78 Å². The number of ether oxygens (including phenoxy) is 2. The Labute approximate surface area is 122 Å². The maximum absolute atomic E-state index is 12.3. The Hall–Kier alpha value is -2.77. The Morgan fingerprint density at radius 2 is 2.00 bits per heavy atom. The maximum Gasteiger partial charge on any atom is 0.573 e. The van der Waals surface area contributed by atoms with E-state index in [1.807, 2.05) is 0 Å². The van der Waals surface area contributed by atoms with E-state index in [-0.39, 0.29) is 22.6 Å². The molecule has 1 aromatic carbocycles. The fraction of sp³-hybridized carbons (Fsp3) is 0.143. The Kier molecular flexibility index (Phi) is 4.20. The molecule has 0 radical (unpaired) electrons. The van der Waals surface area contributed by atoms with Crippen molar-refractivity contribution in [3.8, 4) is 22.8 Å². The van der Waals surface area contributed by atoms with E-state index in [1.165, 1.54) is 25.3 Å². The predicted octanol–water partition coefficient (Wildman–Crippen LogP) is 3.35. The quantitative estimate of drug-likeness (QED) is 0.937. The molecular formula is C14H10F3NO4. The average Bonchev–Trinajstić information content (AvgIpc) is 2.45. The molecule has 0 amide bonds. The van der Waals surface area contributed by atoms with Gasteiger partial charge in [-0.15, -0.1) is 13.2 Å². The molecule has 1 aromatic heterocycles. The van der Waals surface area contributed by atoms with Gasteiger partial charge in [-0.1, -0.05) is 12.1 Å². The highest BCUT2D eigenvalue weighted by Crippen LogP contribution is 2.32. The SMILES string of the molecule is COc1ncc(C(=O)O)cc1-c1cccc(OC(F)(F)F)c1. The summed E-state index contributed by atoms with van der Waals surface area (Å²) >= 11 is 0. The van der Waals surface area contributed by atoms with Gasteiger partial charge in [0.15, 0.2) is 0 Å². The van der Waals surface area contributed by atoms with E-state index in [0.717, 1.165) is 18.3 Å². The monoisotopic (exact) mass is 313 g/mol. The fourth-order valence-corrected chi connectivity index (χ4v) is 1.80. The van der Waals surface area contributed by atoms with Crippen molar-refractivity contribution < 1.29 is 32.5 Å². The minimum atomic E-state index is -4.82. The summed E-state index contributed by atoms with van der Waals surface area (Å²) in [5.41, 5.74) is 0.419. The molecule has 0 aliphatic carbocycles. The molecule has 0 atom stereocenters. The Bertz CT molecular complexity index is 701. The number of alkyl halides is 3. The van der Waals surface area contributed by atoms with Crippen molar-refractivity contribution in [2.75, 3.05) is 7.11 Å². The first-order valence-corrected chi connectivity index (χ1v) is 5.93. The van der Waals surface area contributed by atoms with Crippen LogP contribution in [0.1, 0.15) is 10.4 Å². The number of carboxylic acid groups (broad SMARTS) is 1. The smallest absolute Gasteiger partial charge is 0.481 e. The lowest BCUT2D eigenvalue weighted by atomic mass is 10.0. The lowest BCUT2D eigenvalue weighted by Crippen LogP contribution is -2.17. The third-order valence-corrected chi connectivity index (χ3v) is 2.67. The first kappa shape index (κ1) is 15.6. The summed E-state index contributed by atoms with van der Waals surface area (Å²) in [5.74, 6) is -1.54. The van der Waals surface area contributed by atoms with Gasteiger partial charge in [-0.05, 0) is 23.8 Å². The second-order valence-corrected chi connectivity index (χ2v) is 4.16. The predicted molar refractivity (Wildman–Crippen MR) is 69.9 cm³/mol. The number of hydrogen-bond donors (Lipinski definition) is 1. The van der Waals surface area contributed by atoms with Crippen LogP contribution in [0.15, 0.2) is 36.5 Å². The third-order valence-electron chi connectivity index (χ3n) is 2.67. The number of rotatable bonds is 4. The Balaban J connectivity index is 2.48.